The maximum atomic E-state index is 2.47. The van der Waals surface area contributed by atoms with Crippen LogP contribution in [0.25, 0.3) is 0 Å². The highest BCUT2D eigenvalue weighted by atomic mass is 14.6. The van der Waals surface area contributed by atoms with Crippen molar-refractivity contribution in [1.29, 1.82) is 0 Å². The molecule has 96 valence electrons. The summed E-state index contributed by atoms with van der Waals surface area (Å²) in [6, 6.07) is 0. The van der Waals surface area contributed by atoms with Crippen LogP contribution in [-0.4, -0.2) is 0 Å². The second-order valence-corrected chi connectivity index (χ2v) is 7.57. The van der Waals surface area contributed by atoms with E-state index in [2.05, 4.69) is 48.5 Å². The molecule has 3 atom stereocenters. The highest BCUT2D eigenvalue weighted by Crippen LogP contribution is 2.62. The van der Waals surface area contributed by atoms with E-state index in [1.54, 1.807) is 0 Å². The van der Waals surface area contributed by atoms with Crippen molar-refractivity contribution in [2.75, 3.05) is 0 Å². The molecule has 1 saturated carbocycles. The van der Waals surface area contributed by atoms with Crippen LogP contribution in [0.5, 0.6) is 0 Å². The lowest BCUT2D eigenvalue weighted by molar-refractivity contribution is 0.258. The van der Waals surface area contributed by atoms with Crippen LogP contribution in [0.15, 0.2) is 0 Å². The van der Waals surface area contributed by atoms with Crippen molar-refractivity contribution in [2.24, 2.45) is 28.6 Å². The van der Waals surface area contributed by atoms with Gasteiger partial charge in [-0.05, 0) is 47.8 Å². The summed E-state index contributed by atoms with van der Waals surface area (Å²) in [6.07, 6.45) is 5.53. The zero-order valence-electron chi connectivity index (χ0n) is 12.6. The first-order valence-electron chi connectivity index (χ1n) is 7.22. The molecule has 0 aromatic heterocycles. The highest BCUT2D eigenvalue weighted by molar-refractivity contribution is 5.04. The van der Waals surface area contributed by atoms with Gasteiger partial charge in [-0.15, -0.1) is 0 Å². The molecule has 1 aliphatic rings. The van der Waals surface area contributed by atoms with E-state index in [9.17, 15) is 0 Å². The predicted octanol–water partition coefficient (Wildman–Crippen LogP) is 5.52. The number of hydrogen-bond acceptors (Lipinski definition) is 0. The normalized spacial score (nSPS) is 30.2. The molecule has 0 bridgehead atoms. The molecular weight excluding hydrogens is 192 g/mol. The van der Waals surface area contributed by atoms with Gasteiger partial charge in [0, 0.05) is 0 Å². The lowest BCUT2D eigenvalue weighted by Crippen LogP contribution is -2.14. The molecule has 16 heavy (non-hydrogen) atoms. The van der Waals surface area contributed by atoms with Gasteiger partial charge in [0.1, 0.15) is 0 Å². The van der Waals surface area contributed by atoms with Crippen LogP contribution in [0.1, 0.15) is 74.1 Å². The van der Waals surface area contributed by atoms with Gasteiger partial charge in [-0.2, -0.15) is 0 Å². The maximum Gasteiger partial charge on any atom is -0.0292 e. The van der Waals surface area contributed by atoms with E-state index in [1.807, 2.05) is 0 Å². The molecule has 1 fully saturated rings. The molecule has 0 aromatic rings. The van der Waals surface area contributed by atoms with Gasteiger partial charge in [0.25, 0.3) is 0 Å². The van der Waals surface area contributed by atoms with Gasteiger partial charge >= 0.3 is 0 Å². The van der Waals surface area contributed by atoms with Gasteiger partial charge < -0.3 is 0 Å². The summed E-state index contributed by atoms with van der Waals surface area (Å²) in [6.45, 7) is 17.0. The SMILES string of the molecule is CCCC(C)(C)CCC(C)C1C(C)C1(C)C. The minimum atomic E-state index is 0.561. The van der Waals surface area contributed by atoms with E-state index in [0.29, 0.717) is 10.8 Å². The van der Waals surface area contributed by atoms with Gasteiger partial charge in [0.15, 0.2) is 0 Å². The standard InChI is InChI=1S/C16H32/c1-8-10-15(4,5)11-9-12(2)14-13(3)16(14,6)7/h12-14H,8-11H2,1-7H3. The first kappa shape index (κ1) is 14.1. The second-order valence-electron chi connectivity index (χ2n) is 7.57. The third-order valence-electron chi connectivity index (χ3n) is 5.28. The van der Waals surface area contributed by atoms with E-state index < -0.39 is 0 Å². The lowest BCUT2D eigenvalue weighted by Gasteiger charge is -2.26. The van der Waals surface area contributed by atoms with Crippen molar-refractivity contribution in [3.63, 3.8) is 0 Å². The van der Waals surface area contributed by atoms with Gasteiger partial charge in [-0.1, -0.05) is 54.9 Å². The summed E-state index contributed by atoms with van der Waals surface area (Å²) in [5.41, 5.74) is 1.18. The third-order valence-corrected chi connectivity index (χ3v) is 5.28. The quantitative estimate of drug-likeness (QED) is 0.557. The van der Waals surface area contributed by atoms with E-state index in [1.165, 1.54) is 25.7 Å². The van der Waals surface area contributed by atoms with Gasteiger partial charge in [0.05, 0.1) is 0 Å². The fraction of sp³-hybridized carbons (Fsp3) is 1.00. The van der Waals surface area contributed by atoms with Crippen LogP contribution in [0.4, 0.5) is 0 Å². The van der Waals surface area contributed by atoms with E-state index >= 15 is 0 Å². The Labute approximate surface area is 103 Å². The molecule has 0 heterocycles. The molecule has 0 heteroatoms. The van der Waals surface area contributed by atoms with Crippen molar-refractivity contribution in [3.8, 4) is 0 Å². The average molecular weight is 224 g/mol. The molecule has 1 aliphatic carbocycles. The van der Waals surface area contributed by atoms with Crippen molar-refractivity contribution >= 4 is 0 Å². The van der Waals surface area contributed by atoms with Crippen LogP contribution >= 0.6 is 0 Å². The Balaban J connectivity index is 2.34. The van der Waals surface area contributed by atoms with E-state index in [-0.39, 0.29) is 0 Å². The molecule has 0 amide bonds. The molecule has 0 aliphatic heterocycles. The minimum absolute atomic E-state index is 0.561. The zero-order valence-corrected chi connectivity index (χ0v) is 12.6. The second kappa shape index (κ2) is 4.70. The van der Waals surface area contributed by atoms with Crippen molar-refractivity contribution in [1.82, 2.24) is 0 Å². The molecule has 0 N–H and O–H groups in total. The maximum absolute atomic E-state index is 2.47. The summed E-state index contributed by atoms with van der Waals surface area (Å²) in [5.74, 6) is 2.84. The monoisotopic (exact) mass is 224 g/mol. The van der Waals surface area contributed by atoms with Crippen molar-refractivity contribution in [3.05, 3.63) is 0 Å². The Kier molecular flexibility index (Phi) is 4.13. The molecule has 0 radical (unpaired) electrons. The lowest BCUT2D eigenvalue weighted by atomic mass is 9.80. The largest absolute Gasteiger partial charge is 0.0654 e. The Bertz CT molecular complexity index is 224. The van der Waals surface area contributed by atoms with Crippen LogP contribution in [0, 0.1) is 28.6 Å². The van der Waals surface area contributed by atoms with Gasteiger partial charge in [-0.3, -0.25) is 0 Å². The van der Waals surface area contributed by atoms with Crippen molar-refractivity contribution < 1.29 is 0 Å². The molecule has 1 rings (SSSR count). The van der Waals surface area contributed by atoms with Crippen molar-refractivity contribution in [2.45, 2.75) is 74.1 Å². The fourth-order valence-corrected chi connectivity index (χ4v) is 3.77. The predicted molar refractivity (Wildman–Crippen MR) is 73.5 cm³/mol. The summed E-state index contributed by atoms with van der Waals surface area (Å²) in [5, 5.41) is 0. The molecule has 0 saturated heterocycles. The van der Waals surface area contributed by atoms with Gasteiger partial charge in [-0.25, -0.2) is 0 Å². The fourth-order valence-electron chi connectivity index (χ4n) is 3.77. The summed E-state index contributed by atoms with van der Waals surface area (Å²) >= 11 is 0. The Morgan fingerprint density at radius 3 is 2.06 bits per heavy atom. The molecule has 3 unspecified atom stereocenters. The molecule has 0 spiro atoms. The topological polar surface area (TPSA) is 0 Å². The number of hydrogen-bond donors (Lipinski definition) is 0. The summed E-state index contributed by atoms with van der Waals surface area (Å²) in [4.78, 5) is 0. The summed E-state index contributed by atoms with van der Waals surface area (Å²) in [7, 11) is 0. The Morgan fingerprint density at radius 1 is 1.19 bits per heavy atom. The molecule has 0 nitrogen and oxygen atoms in total. The molecule has 0 aromatic carbocycles. The van der Waals surface area contributed by atoms with Crippen LogP contribution in [-0.2, 0) is 0 Å². The highest BCUT2D eigenvalue weighted by Gasteiger charge is 2.56. The first-order chi connectivity index (χ1) is 7.22. The van der Waals surface area contributed by atoms with Crippen LogP contribution < -0.4 is 0 Å². The third kappa shape index (κ3) is 3.02. The smallest absolute Gasteiger partial charge is 0.0292 e. The first-order valence-corrected chi connectivity index (χ1v) is 7.22. The van der Waals surface area contributed by atoms with Crippen LogP contribution in [0.2, 0.25) is 0 Å². The van der Waals surface area contributed by atoms with E-state index in [4.69, 9.17) is 0 Å². The van der Waals surface area contributed by atoms with Crippen LogP contribution in [0.3, 0.4) is 0 Å². The zero-order chi connectivity index (χ0) is 12.6. The minimum Gasteiger partial charge on any atom is -0.0654 e. The number of rotatable bonds is 6. The molecular formula is C16H32. The average Bonchev–Trinajstić information content (AvgIpc) is 2.63. The summed E-state index contributed by atoms with van der Waals surface area (Å²) < 4.78 is 0. The Hall–Kier alpha value is 0. The van der Waals surface area contributed by atoms with E-state index in [0.717, 1.165) is 17.8 Å². The Morgan fingerprint density at radius 2 is 1.69 bits per heavy atom. The van der Waals surface area contributed by atoms with Gasteiger partial charge in [0.2, 0.25) is 0 Å².